The van der Waals surface area contributed by atoms with E-state index in [1.807, 2.05) is 71.5 Å². The quantitative estimate of drug-likeness (QED) is 0.712. The molecule has 3 aromatic rings. The summed E-state index contributed by atoms with van der Waals surface area (Å²) < 4.78 is 3.70. The highest BCUT2D eigenvalue weighted by Gasteiger charge is 2.35. The van der Waals surface area contributed by atoms with Gasteiger partial charge in [-0.05, 0) is 37.0 Å². The van der Waals surface area contributed by atoms with Crippen LogP contribution in [0.25, 0.3) is 0 Å². The van der Waals surface area contributed by atoms with Gasteiger partial charge in [0.05, 0.1) is 18.8 Å². The maximum atomic E-state index is 13.5. The third-order valence-electron chi connectivity index (χ3n) is 4.96. The number of aromatic nitrogens is 4. The number of amides is 1. The topological polar surface area (TPSA) is 56.0 Å². The number of benzene rings is 1. The Balaban J connectivity index is 1.60. The molecule has 0 saturated carbocycles. The molecule has 4 rings (SSSR count). The molecule has 1 aliphatic heterocycles. The van der Waals surface area contributed by atoms with Crippen LogP contribution in [0.15, 0.2) is 61.2 Å². The molecule has 6 nitrogen and oxygen atoms in total. The molecule has 1 amide bonds. The van der Waals surface area contributed by atoms with E-state index in [0.717, 1.165) is 37.1 Å². The zero-order valence-electron chi connectivity index (χ0n) is 14.9. The van der Waals surface area contributed by atoms with Crippen molar-refractivity contribution in [3.05, 3.63) is 72.3 Å². The Labute approximate surface area is 153 Å². The fourth-order valence-electron chi connectivity index (χ4n) is 3.73. The van der Waals surface area contributed by atoms with Crippen molar-refractivity contribution in [3.8, 4) is 0 Å². The van der Waals surface area contributed by atoms with Crippen molar-refractivity contribution in [1.82, 2.24) is 24.5 Å². The van der Waals surface area contributed by atoms with Crippen LogP contribution in [0.5, 0.6) is 0 Å². The molecule has 2 aromatic heterocycles. The van der Waals surface area contributed by atoms with Gasteiger partial charge in [0.2, 0.25) is 0 Å². The molecule has 0 bridgehead atoms. The molecular formula is C20H23N5O. The lowest BCUT2D eigenvalue weighted by molar-refractivity contribution is -0.134. The number of likely N-dealkylation sites (tertiary alicyclic amines) is 1. The van der Waals surface area contributed by atoms with Crippen LogP contribution in [0.3, 0.4) is 0 Å². The number of hydrogen-bond donors (Lipinski definition) is 0. The fourth-order valence-corrected chi connectivity index (χ4v) is 3.73. The summed E-state index contributed by atoms with van der Waals surface area (Å²) in [7, 11) is 0. The van der Waals surface area contributed by atoms with Crippen molar-refractivity contribution >= 4 is 5.91 Å². The van der Waals surface area contributed by atoms with Gasteiger partial charge in [0, 0.05) is 25.1 Å². The van der Waals surface area contributed by atoms with Gasteiger partial charge in [-0.1, -0.05) is 30.3 Å². The smallest absolute Gasteiger partial charge is 0.252 e. The van der Waals surface area contributed by atoms with Crippen molar-refractivity contribution in [2.75, 3.05) is 6.54 Å². The van der Waals surface area contributed by atoms with E-state index < -0.39 is 6.04 Å². The largest absolute Gasteiger partial charge is 0.336 e. The molecule has 0 radical (unpaired) electrons. The van der Waals surface area contributed by atoms with Crippen LogP contribution in [0.4, 0.5) is 0 Å². The molecule has 26 heavy (non-hydrogen) atoms. The Kier molecular flexibility index (Phi) is 4.56. The molecule has 1 aromatic carbocycles. The zero-order chi connectivity index (χ0) is 17.9. The van der Waals surface area contributed by atoms with Crippen LogP contribution >= 0.6 is 0 Å². The highest BCUT2D eigenvalue weighted by atomic mass is 16.2. The molecule has 0 aliphatic carbocycles. The molecule has 1 aliphatic rings. The van der Waals surface area contributed by atoms with Crippen molar-refractivity contribution in [1.29, 1.82) is 0 Å². The molecule has 0 spiro atoms. The number of aryl methyl sites for hydroxylation is 1. The van der Waals surface area contributed by atoms with Crippen LogP contribution in [0, 0.1) is 6.92 Å². The first-order chi connectivity index (χ1) is 12.7. The Hall–Kier alpha value is -2.89. The molecule has 1 fully saturated rings. The van der Waals surface area contributed by atoms with E-state index in [2.05, 4.69) is 10.2 Å². The van der Waals surface area contributed by atoms with Crippen LogP contribution in [-0.2, 0) is 11.3 Å². The summed E-state index contributed by atoms with van der Waals surface area (Å²) in [5, 5.41) is 8.74. The van der Waals surface area contributed by atoms with Crippen molar-refractivity contribution < 1.29 is 4.79 Å². The maximum Gasteiger partial charge on any atom is 0.252 e. The third-order valence-corrected chi connectivity index (χ3v) is 4.96. The van der Waals surface area contributed by atoms with Crippen molar-refractivity contribution in [3.63, 3.8) is 0 Å². The predicted octanol–water partition coefficient (Wildman–Crippen LogP) is 2.67. The second-order valence-corrected chi connectivity index (χ2v) is 6.87. The van der Waals surface area contributed by atoms with Gasteiger partial charge in [-0.3, -0.25) is 14.2 Å². The summed E-state index contributed by atoms with van der Waals surface area (Å²) in [6.45, 7) is 3.55. The molecule has 1 saturated heterocycles. The first kappa shape index (κ1) is 16.6. The number of carbonyl (C=O) groups excluding carboxylic acids is 1. The van der Waals surface area contributed by atoms with Gasteiger partial charge in [0.15, 0.2) is 6.04 Å². The number of carbonyl (C=O) groups is 1. The van der Waals surface area contributed by atoms with E-state index in [-0.39, 0.29) is 11.9 Å². The summed E-state index contributed by atoms with van der Waals surface area (Å²) in [5.41, 5.74) is 2.10. The molecule has 134 valence electrons. The van der Waals surface area contributed by atoms with Gasteiger partial charge in [-0.15, -0.1) is 0 Å². The zero-order valence-corrected chi connectivity index (χ0v) is 14.9. The summed E-state index contributed by atoms with van der Waals surface area (Å²) in [6.07, 6.45) is 9.50. The average Bonchev–Trinajstić information content (AvgIpc) is 3.39. The van der Waals surface area contributed by atoms with Crippen LogP contribution in [0.1, 0.15) is 30.0 Å². The van der Waals surface area contributed by atoms with Crippen molar-refractivity contribution in [2.24, 2.45) is 0 Å². The lowest BCUT2D eigenvalue weighted by Crippen LogP contribution is -2.42. The molecule has 0 N–H and O–H groups in total. The second-order valence-electron chi connectivity index (χ2n) is 6.87. The van der Waals surface area contributed by atoms with E-state index in [1.54, 1.807) is 10.9 Å². The van der Waals surface area contributed by atoms with Gasteiger partial charge in [-0.25, -0.2) is 0 Å². The monoisotopic (exact) mass is 349 g/mol. The molecular weight excluding hydrogens is 326 g/mol. The summed E-state index contributed by atoms with van der Waals surface area (Å²) in [6, 6.07) is 11.5. The second kappa shape index (κ2) is 7.15. The minimum Gasteiger partial charge on any atom is -0.336 e. The lowest BCUT2D eigenvalue weighted by Gasteiger charge is -2.29. The standard InChI is InChI=1S/C20H23N5O/c1-16-13-22-23(14-16)15-18-9-5-11-24(18)20(26)19(25-12-6-10-21-25)17-7-3-2-4-8-17/h2-4,6-8,10,12-14,18-19H,5,9,11,15H2,1H3. The first-order valence-electron chi connectivity index (χ1n) is 9.06. The van der Waals surface area contributed by atoms with Gasteiger partial charge in [0.1, 0.15) is 0 Å². The number of hydrogen-bond acceptors (Lipinski definition) is 3. The SMILES string of the molecule is Cc1cnn(CC2CCCN2C(=O)C(c2ccccc2)n2cccn2)c1. The maximum absolute atomic E-state index is 13.5. The Morgan fingerprint density at radius 3 is 2.77 bits per heavy atom. The Morgan fingerprint density at radius 2 is 2.08 bits per heavy atom. The minimum absolute atomic E-state index is 0.103. The molecule has 2 atom stereocenters. The van der Waals surface area contributed by atoms with Crippen LogP contribution < -0.4 is 0 Å². The van der Waals surface area contributed by atoms with E-state index in [4.69, 9.17) is 0 Å². The van der Waals surface area contributed by atoms with Crippen LogP contribution in [0.2, 0.25) is 0 Å². The minimum atomic E-state index is -0.425. The molecule has 6 heteroatoms. The van der Waals surface area contributed by atoms with Crippen LogP contribution in [-0.4, -0.2) is 43.0 Å². The molecule has 2 unspecified atom stereocenters. The van der Waals surface area contributed by atoms with E-state index in [0.29, 0.717) is 0 Å². The fraction of sp³-hybridized carbons (Fsp3) is 0.350. The highest BCUT2D eigenvalue weighted by Crippen LogP contribution is 2.26. The normalized spacial score (nSPS) is 18.2. The first-order valence-corrected chi connectivity index (χ1v) is 9.06. The van der Waals surface area contributed by atoms with Gasteiger partial charge >= 0.3 is 0 Å². The van der Waals surface area contributed by atoms with Gasteiger partial charge in [-0.2, -0.15) is 10.2 Å². The Bertz CT molecular complexity index is 855. The molecule has 3 heterocycles. The predicted molar refractivity (Wildman–Crippen MR) is 98.5 cm³/mol. The third kappa shape index (κ3) is 3.27. The summed E-state index contributed by atoms with van der Waals surface area (Å²) in [5.74, 6) is 0.103. The number of nitrogens with zero attached hydrogens (tertiary/aromatic N) is 5. The van der Waals surface area contributed by atoms with E-state index in [9.17, 15) is 4.79 Å². The van der Waals surface area contributed by atoms with Crippen molar-refractivity contribution in [2.45, 2.75) is 38.4 Å². The lowest BCUT2D eigenvalue weighted by atomic mass is 10.1. The van der Waals surface area contributed by atoms with Gasteiger partial charge in [0.25, 0.3) is 5.91 Å². The average molecular weight is 349 g/mol. The Morgan fingerprint density at radius 1 is 1.23 bits per heavy atom. The van der Waals surface area contributed by atoms with E-state index >= 15 is 0 Å². The van der Waals surface area contributed by atoms with Gasteiger partial charge < -0.3 is 4.90 Å². The summed E-state index contributed by atoms with van der Waals surface area (Å²) >= 11 is 0. The number of rotatable bonds is 5. The highest BCUT2D eigenvalue weighted by molar-refractivity contribution is 5.84. The van der Waals surface area contributed by atoms with E-state index in [1.165, 1.54) is 0 Å². The summed E-state index contributed by atoms with van der Waals surface area (Å²) in [4.78, 5) is 15.5.